The first-order valence-electron chi connectivity index (χ1n) is 5.65. The highest BCUT2D eigenvalue weighted by Gasteiger charge is 2.10. The van der Waals surface area contributed by atoms with Crippen LogP contribution < -0.4 is 0 Å². The SMILES string of the molecule is CN1CC=C(n2cc3ccccc3n2)CC1. The molecule has 0 amide bonds. The van der Waals surface area contributed by atoms with Crippen molar-refractivity contribution in [1.29, 1.82) is 0 Å². The van der Waals surface area contributed by atoms with E-state index in [1.165, 1.54) is 11.1 Å². The van der Waals surface area contributed by atoms with Crippen molar-refractivity contribution in [2.45, 2.75) is 6.42 Å². The molecular weight excluding hydrogens is 198 g/mol. The fourth-order valence-corrected chi connectivity index (χ4v) is 2.08. The number of aromatic nitrogens is 2. The van der Waals surface area contributed by atoms with E-state index in [1.807, 2.05) is 10.7 Å². The molecule has 0 aliphatic carbocycles. The van der Waals surface area contributed by atoms with Gasteiger partial charge < -0.3 is 4.90 Å². The fourth-order valence-electron chi connectivity index (χ4n) is 2.08. The Kier molecular flexibility index (Phi) is 2.26. The number of nitrogens with zero attached hydrogens (tertiary/aromatic N) is 3. The summed E-state index contributed by atoms with van der Waals surface area (Å²) in [5, 5.41) is 5.80. The molecule has 3 nitrogen and oxygen atoms in total. The fraction of sp³-hybridized carbons (Fsp3) is 0.308. The summed E-state index contributed by atoms with van der Waals surface area (Å²) >= 11 is 0. The maximum atomic E-state index is 4.59. The molecule has 1 aromatic heterocycles. The van der Waals surface area contributed by atoms with Crippen LogP contribution >= 0.6 is 0 Å². The van der Waals surface area contributed by atoms with Crippen molar-refractivity contribution in [2.24, 2.45) is 0 Å². The summed E-state index contributed by atoms with van der Waals surface area (Å²) in [6.07, 6.45) is 5.45. The van der Waals surface area contributed by atoms with Gasteiger partial charge in [-0.25, -0.2) is 4.68 Å². The highest BCUT2D eigenvalue weighted by atomic mass is 15.3. The third kappa shape index (κ3) is 1.63. The first-order valence-corrected chi connectivity index (χ1v) is 5.65. The molecule has 0 unspecified atom stereocenters. The van der Waals surface area contributed by atoms with E-state index in [2.05, 4.69) is 47.5 Å². The van der Waals surface area contributed by atoms with E-state index < -0.39 is 0 Å². The summed E-state index contributed by atoms with van der Waals surface area (Å²) < 4.78 is 2.03. The zero-order valence-corrected chi connectivity index (χ0v) is 9.43. The van der Waals surface area contributed by atoms with E-state index in [4.69, 9.17) is 0 Å². The number of hydrogen-bond acceptors (Lipinski definition) is 2. The molecule has 0 bridgehead atoms. The molecule has 1 aliphatic heterocycles. The first kappa shape index (κ1) is 9.60. The van der Waals surface area contributed by atoms with Gasteiger partial charge in [-0.2, -0.15) is 5.10 Å². The molecule has 2 heterocycles. The van der Waals surface area contributed by atoms with Crippen LogP contribution in [0.5, 0.6) is 0 Å². The highest BCUT2D eigenvalue weighted by Crippen LogP contribution is 2.18. The lowest BCUT2D eigenvalue weighted by atomic mass is 10.2. The molecule has 0 saturated carbocycles. The predicted molar refractivity (Wildman–Crippen MR) is 66.1 cm³/mol. The van der Waals surface area contributed by atoms with Crippen molar-refractivity contribution in [3.8, 4) is 0 Å². The van der Waals surface area contributed by atoms with Gasteiger partial charge in [0.25, 0.3) is 0 Å². The molecule has 0 radical (unpaired) electrons. The average molecular weight is 213 g/mol. The van der Waals surface area contributed by atoms with Crippen molar-refractivity contribution >= 4 is 16.6 Å². The van der Waals surface area contributed by atoms with Crippen LogP contribution in [0.15, 0.2) is 36.5 Å². The normalized spacial score (nSPS) is 17.7. The van der Waals surface area contributed by atoms with Gasteiger partial charge in [-0.05, 0) is 19.2 Å². The van der Waals surface area contributed by atoms with Gasteiger partial charge in [-0.3, -0.25) is 0 Å². The van der Waals surface area contributed by atoms with Crippen LogP contribution in [0.4, 0.5) is 0 Å². The Bertz CT molecular complexity index is 506. The zero-order chi connectivity index (χ0) is 11.0. The Morgan fingerprint density at radius 1 is 1.25 bits per heavy atom. The molecule has 82 valence electrons. The van der Waals surface area contributed by atoms with E-state index >= 15 is 0 Å². The maximum Gasteiger partial charge on any atom is 0.0927 e. The van der Waals surface area contributed by atoms with Crippen LogP contribution in [-0.2, 0) is 0 Å². The summed E-state index contributed by atoms with van der Waals surface area (Å²) in [5.41, 5.74) is 2.39. The van der Waals surface area contributed by atoms with Crippen molar-refractivity contribution in [3.63, 3.8) is 0 Å². The zero-order valence-electron chi connectivity index (χ0n) is 9.43. The van der Waals surface area contributed by atoms with Crippen molar-refractivity contribution in [1.82, 2.24) is 14.7 Å². The van der Waals surface area contributed by atoms with Crippen molar-refractivity contribution < 1.29 is 0 Å². The summed E-state index contributed by atoms with van der Waals surface area (Å²) in [5.74, 6) is 0. The van der Waals surface area contributed by atoms with E-state index in [0.717, 1.165) is 25.0 Å². The van der Waals surface area contributed by atoms with Gasteiger partial charge in [0.2, 0.25) is 0 Å². The van der Waals surface area contributed by atoms with E-state index in [0.29, 0.717) is 0 Å². The van der Waals surface area contributed by atoms with Crippen molar-refractivity contribution in [3.05, 3.63) is 36.5 Å². The number of hydrogen-bond donors (Lipinski definition) is 0. The Balaban J connectivity index is 2.00. The lowest BCUT2D eigenvalue weighted by molar-refractivity contribution is 0.365. The van der Waals surface area contributed by atoms with Crippen LogP contribution in [0.3, 0.4) is 0 Å². The number of rotatable bonds is 1. The predicted octanol–water partition coefficient (Wildman–Crippen LogP) is 2.21. The van der Waals surface area contributed by atoms with E-state index in [9.17, 15) is 0 Å². The molecule has 0 N–H and O–H groups in total. The highest BCUT2D eigenvalue weighted by molar-refractivity contribution is 5.78. The molecule has 0 spiro atoms. The van der Waals surface area contributed by atoms with Gasteiger partial charge in [-0.15, -0.1) is 0 Å². The largest absolute Gasteiger partial charge is 0.302 e. The number of benzene rings is 1. The minimum Gasteiger partial charge on any atom is -0.302 e. The minimum absolute atomic E-state index is 1.02. The molecule has 2 aromatic rings. The Labute approximate surface area is 95.0 Å². The minimum atomic E-state index is 1.02. The Morgan fingerprint density at radius 3 is 2.88 bits per heavy atom. The summed E-state index contributed by atoms with van der Waals surface area (Å²) in [4.78, 5) is 2.31. The molecule has 1 aliphatic rings. The van der Waals surface area contributed by atoms with E-state index in [-0.39, 0.29) is 0 Å². The van der Waals surface area contributed by atoms with Crippen LogP contribution in [0.2, 0.25) is 0 Å². The molecule has 3 rings (SSSR count). The van der Waals surface area contributed by atoms with Gasteiger partial charge in [-0.1, -0.05) is 18.2 Å². The second-order valence-electron chi connectivity index (χ2n) is 4.34. The second kappa shape index (κ2) is 3.76. The molecular formula is C13H15N3. The van der Waals surface area contributed by atoms with Crippen LogP contribution in [-0.4, -0.2) is 34.8 Å². The monoisotopic (exact) mass is 213 g/mol. The van der Waals surface area contributed by atoms with Crippen LogP contribution in [0.1, 0.15) is 6.42 Å². The van der Waals surface area contributed by atoms with Gasteiger partial charge in [0.1, 0.15) is 0 Å². The summed E-state index contributed by atoms with van der Waals surface area (Å²) in [6, 6.07) is 8.25. The molecule has 0 atom stereocenters. The quantitative estimate of drug-likeness (QED) is 0.724. The smallest absolute Gasteiger partial charge is 0.0927 e. The van der Waals surface area contributed by atoms with Crippen molar-refractivity contribution in [2.75, 3.05) is 20.1 Å². The lowest BCUT2D eigenvalue weighted by Gasteiger charge is -2.21. The van der Waals surface area contributed by atoms with Gasteiger partial charge in [0.15, 0.2) is 0 Å². The topological polar surface area (TPSA) is 21.1 Å². The van der Waals surface area contributed by atoms with Crippen LogP contribution in [0, 0.1) is 0 Å². The van der Waals surface area contributed by atoms with Gasteiger partial charge in [0.05, 0.1) is 5.52 Å². The third-order valence-electron chi connectivity index (χ3n) is 3.10. The Hall–Kier alpha value is -1.61. The summed E-state index contributed by atoms with van der Waals surface area (Å²) in [7, 11) is 2.15. The first-order chi connectivity index (χ1) is 7.83. The van der Waals surface area contributed by atoms with Crippen LogP contribution in [0.25, 0.3) is 16.6 Å². The third-order valence-corrected chi connectivity index (χ3v) is 3.10. The molecule has 0 fully saturated rings. The summed E-state index contributed by atoms with van der Waals surface area (Å²) in [6.45, 7) is 2.13. The van der Waals surface area contributed by atoms with Gasteiger partial charge in [0, 0.05) is 36.8 Å². The maximum absolute atomic E-state index is 4.59. The molecule has 0 saturated heterocycles. The second-order valence-corrected chi connectivity index (χ2v) is 4.34. The molecule has 16 heavy (non-hydrogen) atoms. The average Bonchev–Trinajstić information content (AvgIpc) is 2.73. The number of fused-ring (bicyclic) bond motifs is 1. The standard InChI is InChI=1S/C13H15N3/c1-15-8-6-12(7-9-15)16-10-11-4-2-3-5-13(11)14-16/h2-6,10H,7-9H2,1H3. The molecule has 3 heteroatoms. The van der Waals surface area contributed by atoms with Gasteiger partial charge >= 0.3 is 0 Å². The Morgan fingerprint density at radius 2 is 2.12 bits per heavy atom. The lowest BCUT2D eigenvalue weighted by Crippen LogP contribution is -2.25. The number of likely N-dealkylation sites (N-methyl/N-ethyl adjacent to an activating group) is 1. The molecule has 1 aromatic carbocycles. The van der Waals surface area contributed by atoms with E-state index in [1.54, 1.807) is 0 Å².